The van der Waals surface area contributed by atoms with E-state index in [1.54, 1.807) is 42.2 Å². The number of benzene rings is 3. The van der Waals surface area contributed by atoms with Crippen LogP contribution in [0, 0.1) is 0 Å². The Bertz CT molecular complexity index is 1440. The average molecular weight is 612 g/mol. The number of amides is 3. The largest absolute Gasteiger partial charge is 0.497 e. The third kappa shape index (κ3) is 6.99. The molecule has 3 aromatic carbocycles. The van der Waals surface area contributed by atoms with E-state index < -0.39 is 5.54 Å². The Morgan fingerprint density at radius 2 is 1.71 bits per heavy atom. The molecule has 0 unspecified atom stereocenters. The number of hydrogen-bond donors (Lipinski definition) is 1. The first-order valence-electron chi connectivity index (χ1n) is 13.7. The molecule has 0 spiro atoms. The second-order valence-corrected chi connectivity index (χ2v) is 11.4. The minimum Gasteiger partial charge on any atom is -0.497 e. The maximum absolute atomic E-state index is 14.7. The molecular formula is C32H36Cl2N4O4. The molecule has 8 nitrogen and oxygen atoms in total. The van der Waals surface area contributed by atoms with Gasteiger partial charge in [-0.05, 0) is 68.3 Å². The van der Waals surface area contributed by atoms with Crippen molar-refractivity contribution in [1.29, 1.82) is 0 Å². The Balaban J connectivity index is 1.96. The van der Waals surface area contributed by atoms with Crippen LogP contribution in [-0.2, 0) is 16.8 Å². The molecule has 0 bridgehead atoms. The Kier molecular flexibility index (Phi) is 10.0. The predicted octanol–water partition coefficient (Wildman–Crippen LogP) is 6.18. The molecule has 3 amide bonds. The van der Waals surface area contributed by atoms with Gasteiger partial charge in [0, 0.05) is 42.7 Å². The number of urea groups is 1. The summed E-state index contributed by atoms with van der Waals surface area (Å²) < 4.78 is 11.7. The van der Waals surface area contributed by atoms with Gasteiger partial charge < -0.3 is 19.7 Å². The van der Waals surface area contributed by atoms with Gasteiger partial charge in [0.1, 0.15) is 23.9 Å². The van der Waals surface area contributed by atoms with Crippen molar-refractivity contribution in [3.05, 3.63) is 93.5 Å². The van der Waals surface area contributed by atoms with E-state index in [4.69, 9.17) is 37.7 Å². The van der Waals surface area contributed by atoms with Crippen LogP contribution in [0.2, 0.25) is 10.0 Å². The lowest BCUT2D eigenvalue weighted by molar-refractivity contribution is -0.123. The molecule has 0 aromatic heterocycles. The summed E-state index contributed by atoms with van der Waals surface area (Å²) in [5.41, 5.74) is 1.40. The lowest BCUT2D eigenvalue weighted by Gasteiger charge is -2.45. The van der Waals surface area contributed by atoms with Crippen LogP contribution in [0.3, 0.4) is 0 Å². The van der Waals surface area contributed by atoms with Crippen molar-refractivity contribution in [2.45, 2.75) is 38.8 Å². The number of aliphatic imine (C=N–C) groups is 1. The van der Waals surface area contributed by atoms with Crippen LogP contribution in [0.25, 0.3) is 0 Å². The summed E-state index contributed by atoms with van der Waals surface area (Å²) in [5, 5.41) is 3.99. The number of methoxy groups -OCH3 is 1. The SMILES string of the molecule is CN=C(c1ccc(OC)cc1OC(C)C)N(C(=O)N1CCNC(=O)C1)[C@@](C)(Cc1ccc(Cl)cc1)c1ccc(Cl)cc1. The fourth-order valence-corrected chi connectivity index (χ4v) is 5.36. The first kappa shape index (κ1) is 31.2. The highest BCUT2D eigenvalue weighted by atomic mass is 35.5. The molecule has 4 rings (SSSR count). The van der Waals surface area contributed by atoms with Gasteiger partial charge in [-0.1, -0.05) is 47.5 Å². The molecule has 1 N–H and O–H groups in total. The average Bonchev–Trinajstić information content (AvgIpc) is 2.97. The standard InChI is InChI=1S/C32H36Cl2N4O4/c1-21(2)42-28-18-26(41-5)14-15-27(28)30(35-4)38(31(40)37-17-16-36-29(39)20-37)32(3,23-8-12-25(34)13-9-23)19-22-6-10-24(33)11-7-22/h6-15,18,21H,16-17,19-20H2,1-5H3,(H,36,39)/t32-/m0/s1. The summed E-state index contributed by atoms with van der Waals surface area (Å²) in [7, 11) is 3.23. The molecule has 10 heteroatoms. The molecule has 0 saturated carbocycles. The molecule has 1 heterocycles. The molecule has 42 heavy (non-hydrogen) atoms. The van der Waals surface area contributed by atoms with Gasteiger partial charge >= 0.3 is 6.03 Å². The van der Waals surface area contributed by atoms with Crippen LogP contribution in [0.5, 0.6) is 11.5 Å². The number of amidine groups is 1. The van der Waals surface area contributed by atoms with Crippen LogP contribution in [-0.4, -0.2) is 67.5 Å². The highest BCUT2D eigenvalue weighted by Gasteiger charge is 2.44. The zero-order valence-corrected chi connectivity index (χ0v) is 26.0. The molecular weight excluding hydrogens is 575 g/mol. The minimum absolute atomic E-state index is 0.0675. The number of rotatable bonds is 8. The fourth-order valence-electron chi connectivity index (χ4n) is 5.10. The topological polar surface area (TPSA) is 83.5 Å². The molecule has 1 aliphatic heterocycles. The third-order valence-corrected chi connectivity index (χ3v) is 7.64. The number of nitrogens with one attached hydrogen (secondary N) is 1. The maximum atomic E-state index is 14.7. The quantitative estimate of drug-likeness (QED) is 0.244. The van der Waals surface area contributed by atoms with Crippen LogP contribution in [0.4, 0.5) is 4.79 Å². The number of ether oxygens (including phenoxy) is 2. The lowest BCUT2D eigenvalue weighted by atomic mass is 9.83. The highest BCUT2D eigenvalue weighted by molar-refractivity contribution is 6.30. The molecule has 3 aromatic rings. The Morgan fingerprint density at radius 3 is 2.29 bits per heavy atom. The number of hydrogen-bond acceptors (Lipinski definition) is 5. The summed E-state index contributed by atoms with van der Waals surface area (Å²) in [6.07, 6.45) is 0.258. The highest BCUT2D eigenvalue weighted by Crippen LogP contribution is 2.38. The monoisotopic (exact) mass is 610 g/mol. The molecule has 1 aliphatic rings. The summed E-state index contributed by atoms with van der Waals surface area (Å²) in [4.78, 5) is 35.0. The molecule has 1 fully saturated rings. The molecule has 0 aliphatic carbocycles. The number of carbonyl (C=O) groups excluding carboxylic acids is 2. The fraction of sp³-hybridized carbons (Fsp3) is 0.344. The van der Waals surface area contributed by atoms with Crippen molar-refractivity contribution >= 4 is 41.0 Å². The van der Waals surface area contributed by atoms with Gasteiger partial charge in [0.05, 0.1) is 24.3 Å². The van der Waals surface area contributed by atoms with E-state index in [2.05, 4.69) is 5.32 Å². The van der Waals surface area contributed by atoms with Crippen LogP contribution < -0.4 is 14.8 Å². The van der Waals surface area contributed by atoms with E-state index in [1.807, 2.05) is 69.3 Å². The van der Waals surface area contributed by atoms with Crippen molar-refractivity contribution < 1.29 is 19.1 Å². The maximum Gasteiger partial charge on any atom is 0.327 e. The number of halogens is 2. The number of piperazine rings is 1. The zero-order chi connectivity index (χ0) is 30.4. The second-order valence-electron chi connectivity index (χ2n) is 10.5. The Labute approximate surface area is 257 Å². The van der Waals surface area contributed by atoms with Gasteiger partial charge in [-0.2, -0.15) is 0 Å². The van der Waals surface area contributed by atoms with E-state index in [0.29, 0.717) is 52.5 Å². The van der Waals surface area contributed by atoms with E-state index in [0.717, 1.165) is 11.1 Å². The third-order valence-electron chi connectivity index (χ3n) is 7.14. The first-order chi connectivity index (χ1) is 20.0. The number of nitrogens with zero attached hydrogens (tertiary/aromatic N) is 3. The summed E-state index contributed by atoms with van der Waals surface area (Å²) >= 11 is 12.5. The van der Waals surface area contributed by atoms with Crippen molar-refractivity contribution in [2.24, 2.45) is 4.99 Å². The minimum atomic E-state index is -0.993. The van der Waals surface area contributed by atoms with Crippen molar-refractivity contribution in [1.82, 2.24) is 15.1 Å². The van der Waals surface area contributed by atoms with E-state index in [-0.39, 0.29) is 24.6 Å². The second kappa shape index (κ2) is 13.5. The van der Waals surface area contributed by atoms with Gasteiger partial charge in [-0.3, -0.25) is 14.7 Å². The van der Waals surface area contributed by atoms with Crippen molar-refractivity contribution in [3.8, 4) is 11.5 Å². The van der Waals surface area contributed by atoms with Gasteiger partial charge in [-0.25, -0.2) is 4.79 Å². The zero-order valence-electron chi connectivity index (χ0n) is 24.5. The van der Waals surface area contributed by atoms with Gasteiger partial charge in [-0.15, -0.1) is 0 Å². The Morgan fingerprint density at radius 1 is 1.07 bits per heavy atom. The number of carbonyl (C=O) groups is 2. The molecule has 1 atom stereocenters. The Hall–Kier alpha value is -3.75. The summed E-state index contributed by atoms with van der Waals surface area (Å²) in [6, 6.07) is 20.0. The summed E-state index contributed by atoms with van der Waals surface area (Å²) in [5.74, 6) is 1.29. The van der Waals surface area contributed by atoms with Crippen LogP contribution >= 0.6 is 23.2 Å². The van der Waals surface area contributed by atoms with E-state index >= 15 is 0 Å². The van der Waals surface area contributed by atoms with Crippen molar-refractivity contribution in [2.75, 3.05) is 33.8 Å². The smallest absolute Gasteiger partial charge is 0.327 e. The lowest BCUT2D eigenvalue weighted by Crippen LogP contribution is -2.60. The van der Waals surface area contributed by atoms with Crippen LogP contribution in [0.15, 0.2) is 71.7 Å². The van der Waals surface area contributed by atoms with Crippen LogP contribution in [0.1, 0.15) is 37.5 Å². The van der Waals surface area contributed by atoms with Gasteiger partial charge in [0.15, 0.2) is 0 Å². The first-order valence-corrected chi connectivity index (χ1v) is 14.5. The molecule has 0 radical (unpaired) electrons. The van der Waals surface area contributed by atoms with Gasteiger partial charge in [0.25, 0.3) is 0 Å². The van der Waals surface area contributed by atoms with E-state index in [9.17, 15) is 9.59 Å². The molecule has 222 valence electrons. The molecule has 1 saturated heterocycles. The summed E-state index contributed by atoms with van der Waals surface area (Å²) in [6.45, 7) is 6.50. The van der Waals surface area contributed by atoms with Crippen molar-refractivity contribution in [3.63, 3.8) is 0 Å². The normalized spacial score (nSPS) is 15.2. The van der Waals surface area contributed by atoms with E-state index in [1.165, 1.54) is 0 Å². The van der Waals surface area contributed by atoms with Gasteiger partial charge in [0.2, 0.25) is 5.91 Å². The predicted molar refractivity (Wildman–Crippen MR) is 167 cm³/mol.